The van der Waals surface area contributed by atoms with Crippen LogP contribution in [0.5, 0.6) is 5.75 Å². The predicted molar refractivity (Wildman–Crippen MR) is 98.3 cm³/mol. The van der Waals surface area contributed by atoms with Gasteiger partial charge in [-0.25, -0.2) is 13.2 Å². The standard InChI is InChI=1S/C16H22N2O4S.C2HF3O2/c19-23(20,15-3-4-15)18-11-16(12-18)13(6-9-22-16)5-8-21-14-2-1-7-17-10-14;3-2(4,5)1(6)7/h1-2,7,10,13,15H,3-6,8-9,11-12H2;(H,6,7). The van der Waals surface area contributed by atoms with Crippen molar-refractivity contribution in [1.29, 1.82) is 0 Å². The first kappa shape index (κ1) is 22.8. The maximum Gasteiger partial charge on any atom is 0.490 e. The van der Waals surface area contributed by atoms with Crippen LogP contribution < -0.4 is 4.74 Å². The van der Waals surface area contributed by atoms with Gasteiger partial charge in [-0.2, -0.15) is 17.5 Å². The Balaban J connectivity index is 0.000000318. The van der Waals surface area contributed by atoms with Gasteiger partial charge < -0.3 is 14.6 Å². The van der Waals surface area contributed by atoms with Crippen LogP contribution in [0.25, 0.3) is 0 Å². The maximum atomic E-state index is 12.3. The number of rotatable bonds is 6. The van der Waals surface area contributed by atoms with Gasteiger partial charge in [0.05, 0.1) is 23.7 Å². The third kappa shape index (κ3) is 5.22. The molecule has 0 bridgehead atoms. The van der Waals surface area contributed by atoms with E-state index in [4.69, 9.17) is 19.4 Å². The van der Waals surface area contributed by atoms with Crippen LogP contribution in [0.4, 0.5) is 13.2 Å². The average Bonchev–Trinajstić information content (AvgIpc) is 3.42. The monoisotopic (exact) mass is 452 g/mol. The highest BCUT2D eigenvalue weighted by Gasteiger charge is 2.58. The molecule has 3 fully saturated rings. The van der Waals surface area contributed by atoms with E-state index in [1.54, 1.807) is 16.7 Å². The van der Waals surface area contributed by atoms with Crippen molar-refractivity contribution in [2.45, 2.75) is 42.7 Å². The Labute approximate surface area is 172 Å². The minimum atomic E-state index is -5.08. The summed E-state index contributed by atoms with van der Waals surface area (Å²) in [6.07, 6.45) is 1.83. The quantitative estimate of drug-likeness (QED) is 0.704. The molecule has 30 heavy (non-hydrogen) atoms. The number of sulfonamides is 1. The van der Waals surface area contributed by atoms with E-state index in [-0.39, 0.29) is 10.9 Å². The molecule has 2 aliphatic heterocycles. The van der Waals surface area contributed by atoms with Crippen molar-refractivity contribution >= 4 is 16.0 Å². The lowest BCUT2D eigenvalue weighted by molar-refractivity contribution is -0.192. The Kier molecular flexibility index (Phi) is 6.58. The van der Waals surface area contributed by atoms with E-state index in [0.29, 0.717) is 25.6 Å². The number of carbonyl (C=O) groups is 1. The molecule has 0 amide bonds. The number of carboxylic acids is 1. The first-order chi connectivity index (χ1) is 14.0. The third-order valence-electron chi connectivity index (χ3n) is 5.41. The van der Waals surface area contributed by atoms with Crippen LogP contribution >= 0.6 is 0 Å². The molecule has 2 saturated heterocycles. The number of ether oxygens (including phenoxy) is 2. The molecular weight excluding hydrogens is 429 g/mol. The van der Waals surface area contributed by atoms with Gasteiger partial charge in [-0.05, 0) is 43.7 Å². The first-order valence-electron chi connectivity index (χ1n) is 9.50. The summed E-state index contributed by atoms with van der Waals surface area (Å²) in [5.74, 6) is -1.62. The van der Waals surface area contributed by atoms with Gasteiger partial charge in [0.1, 0.15) is 5.75 Å². The predicted octanol–water partition coefficient (Wildman–Crippen LogP) is 2.07. The highest BCUT2D eigenvalue weighted by molar-refractivity contribution is 7.90. The number of nitrogens with zero attached hydrogens (tertiary/aromatic N) is 2. The summed E-state index contributed by atoms with van der Waals surface area (Å²) >= 11 is 0. The average molecular weight is 452 g/mol. The van der Waals surface area contributed by atoms with E-state index in [1.807, 2.05) is 12.1 Å². The number of aromatic nitrogens is 1. The third-order valence-corrected chi connectivity index (χ3v) is 7.70. The van der Waals surface area contributed by atoms with E-state index in [0.717, 1.165) is 38.0 Å². The molecule has 0 aromatic carbocycles. The Morgan fingerprint density at radius 2 is 2.00 bits per heavy atom. The number of aliphatic carboxylic acids is 1. The second kappa shape index (κ2) is 8.67. The van der Waals surface area contributed by atoms with Crippen LogP contribution in [0.1, 0.15) is 25.7 Å². The van der Waals surface area contributed by atoms with E-state index in [2.05, 4.69) is 4.98 Å². The van der Waals surface area contributed by atoms with Gasteiger partial charge in [0.2, 0.25) is 10.0 Å². The van der Waals surface area contributed by atoms with Crippen LogP contribution in [-0.4, -0.2) is 72.1 Å². The van der Waals surface area contributed by atoms with Crippen LogP contribution in [-0.2, 0) is 19.6 Å². The molecule has 8 nitrogen and oxygen atoms in total. The summed E-state index contributed by atoms with van der Waals surface area (Å²) in [5.41, 5.74) is -0.278. The molecule has 168 valence electrons. The van der Waals surface area contributed by atoms with Crippen molar-refractivity contribution in [3.8, 4) is 5.75 Å². The van der Waals surface area contributed by atoms with Gasteiger partial charge >= 0.3 is 12.1 Å². The summed E-state index contributed by atoms with van der Waals surface area (Å²) in [7, 11) is -3.07. The molecular formula is C18H23F3N2O6S. The fraction of sp³-hybridized carbons (Fsp3) is 0.667. The lowest BCUT2D eigenvalue weighted by Gasteiger charge is -2.49. The van der Waals surface area contributed by atoms with Gasteiger partial charge in [-0.1, -0.05) is 0 Å². The lowest BCUT2D eigenvalue weighted by atomic mass is 9.80. The van der Waals surface area contributed by atoms with Gasteiger partial charge in [-0.15, -0.1) is 0 Å². The summed E-state index contributed by atoms with van der Waals surface area (Å²) in [4.78, 5) is 12.9. The highest BCUT2D eigenvalue weighted by atomic mass is 32.2. The SMILES string of the molecule is O=C(O)C(F)(F)F.O=S(=O)(C1CC1)N1CC2(C1)OCCC2CCOc1cccnc1. The lowest BCUT2D eigenvalue weighted by Crippen LogP contribution is -2.66. The number of hydrogen-bond donors (Lipinski definition) is 1. The molecule has 1 atom stereocenters. The van der Waals surface area contributed by atoms with E-state index < -0.39 is 22.2 Å². The molecule has 4 rings (SSSR count). The molecule has 1 unspecified atom stereocenters. The topological polar surface area (TPSA) is 106 Å². The number of pyridine rings is 1. The zero-order valence-electron chi connectivity index (χ0n) is 16.0. The van der Waals surface area contributed by atoms with Gasteiger partial charge in [0.25, 0.3) is 0 Å². The number of carboxylic acid groups (broad SMARTS) is 1. The first-order valence-corrected chi connectivity index (χ1v) is 11.0. The summed E-state index contributed by atoms with van der Waals surface area (Å²) in [5, 5.41) is 6.99. The number of alkyl halides is 3. The van der Waals surface area contributed by atoms with Crippen molar-refractivity contribution in [3.63, 3.8) is 0 Å². The van der Waals surface area contributed by atoms with Gasteiger partial charge in [0.15, 0.2) is 0 Å². The molecule has 1 aromatic rings. The number of halogens is 3. The normalized spacial score (nSPS) is 23.4. The van der Waals surface area contributed by atoms with Crippen molar-refractivity contribution in [1.82, 2.24) is 9.29 Å². The van der Waals surface area contributed by atoms with Gasteiger partial charge in [0, 0.05) is 25.9 Å². The fourth-order valence-electron chi connectivity index (χ4n) is 3.60. The molecule has 1 N–H and O–H groups in total. The minimum Gasteiger partial charge on any atom is -0.492 e. The van der Waals surface area contributed by atoms with E-state index in [1.165, 1.54) is 0 Å². The second-order valence-corrected chi connectivity index (χ2v) is 9.75. The molecule has 3 heterocycles. The molecule has 1 saturated carbocycles. The van der Waals surface area contributed by atoms with Crippen molar-refractivity contribution in [3.05, 3.63) is 24.5 Å². The van der Waals surface area contributed by atoms with Crippen LogP contribution in [0.15, 0.2) is 24.5 Å². The molecule has 1 aromatic heterocycles. The number of hydrogen-bond acceptors (Lipinski definition) is 6. The second-order valence-electron chi connectivity index (χ2n) is 7.54. The highest BCUT2D eigenvalue weighted by Crippen LogP contribution is 2.45. The molecule has 3 aliphatic rings. The Hall–Kier alpha value is -1.92. The van der Waals surface area contributed by atoms with Crippen molar-refractivity contribution < 1.29 is 41.0 Å². The van der Waals surface area contributed by atoms with Crippen molar-refractivity contribution in [2.75, 3.05) is 26.3 Å². The zero-order valence-corrected chi connectivity index (χ0v) is 16.9. The Morgan fingerprint density at radius 1 is 1.33 bits per heavy atom. The summed E-state index contributed by atoms with van der Waals surface area (Å²) in [6.45, 7) is 2.36. The largest absolute Gasteiger partial charge is 0.492 e. The molecule has 0 radical (unpaired) electrons. The summed E-state index contributed by atoms with van der Waals surface area (Å²) in [6, 6.07) is 3.74. The zero-order chi connectivity index (χ0) is 22.0. The minimum absolute atomic E-state index is 0.131. The van der Waals surface area contributed by atoms with E-state index >= 15 is 0 Å². The van der Waals surface area contributed by atoms with Crippen LogP contribution in [0.2, 0.25) is 0 Å². The van der Waals surface area contributed by atoms with Crippen LogP contribution in [0.3, 0.4) is 0 Å². The maximum absolute atomic E-state index is 12.3. The van der Waals surface area contributed by atoms with Crippen molar-refractivity contribution in [2.24, 2.45) is 5.92 Å². The van der Waals surface area contributed by atoms with E-state index in [9.17, 15) is 21.6 Å². The molecule has 12 heteroatoms. The fourth-order valence-corrected chi connectivity index (χ4v) is 5.55. The Bertz CT molecular complexity index is 839. The molecule has 1 aliphatic carbocycles. The summed E-state index contributed by atoms with van der Waals surface area (Å²) < 4.78 is 69.5. The van der Waals surface area contributed by atoms with Gasteiger partial charge in [-0.3, -0.25) is 4.98 Å². The molecule has 1 spiro atoms. The Morgan fingerprint density at radius 3 is 2.53 bits per heavy atom. The van der Waals surface area contributed by atoms with Crippen LogP contribution in [0, 0.1) is 5.92 Å². The smallest absolute Gasteiger partial charge is 0.490 e.